The Labute approximate surface area is 227 Å². The molecule has 7 nitrogen and oxygen atoms in total. The van der Waals surface area contributed by atoms with Crippen LogP contribution in [0.1, 0.15) is 27.0 Å². The fourth-order valence-corrected chi connectivity index (χ4v) is 4.27. The highest BCUT2D eigenvalue weighted by Crippen LogP contribution is 2.21. The molecule has 0 fully saturated rings. The minimum atomic E-state index is -0.726. The van der Waals surface area contributed by atoms with E-state index in [1.807, 2.05) is 72.8 Å². The number of aromatic nitrogens is 1. The van der Waals surface area contributed by atoms with Crippen LogP contribution in [-0.2, 0) is 16.0 Å². The third-order valence-electron chi connectivity index (χ3n) is 6.37. The summed E-state index contributed by atoms with van der Waals surface area (Å²) >= 11 is 0. The van der Waals surface area contributed by atoms with Crippen molar-refractivity contribution in [2.24, 2.45) is 11.7 Å². The van der Waals surface area contributed by atoms with Crippen LogP contribution in [0.15, 0.2) is 109 Å². The van der Waals surface area contributed by atoms with E-state index in [0.29, 0.717) is 11.1 Å². The van der Waals surface area contributed by atoms with Crippen molar-refractivity contribution in [3.8, 4) is 11.1 Å². The number of carbonyl (C=O) groups is 2. The van der Waals surface area contributed by atoms with E-state index in [2.05, 4.69) is 10.3 Å². The molecule has 4 rings (SSSR count). The molecule has 0 bridgehead atoms. The number of nitrogens with zero attached hydrogens (tertiary/aromatic N) is 1. The highest BCUT2D eigenvalue weighted by Gasteiger charge is 2.29. The van der Waals surface area contributed by atoms with Crippen molar-refractivity contribution < 1.29 is 14.3 Å². The summed E-state index contributed by atoms with van der Waals surface area (Å²) < 4.78 is 5.15. The Morgan fingerprint density at radius 1 is 0.949 bits per heavy atom. The lowest BCUT2D eigenvalue weighted by atomic mass is 9.90. The van der Waals surface area contributed by atoms with Crippen LogP contribution in [0.4, 0.5) is 0 Å². The van der Waals surface area contributed by atoms with Gasteiger partial charge in [0.15, 0.2) is 0 Å². The molecule has 0 spiro atoms. The number of amides is 1. The highest BCUT2D eigenvalue weighted by atomic mass is 16.5. The maximum absolute atomic E-state index is 13.4. The predicted molar refractivity (Wildman–Crippen MR) is 153 cm³/mol. The summed E-state index contributed by atoms with van der Waals surface area (Å²) in [6.07, 6.45) is 7.44. The van der Waals surface area contributed by atoms with E-state index in [1.165, 1.54) is 7.11 Å². The zero-order valence-electron chi connectivity index (χ0n) is 21.6. The number of carbonyl (C=O) groups excluding carboxylic acids is 2. The van der Waals surface area contributed by atoms with E-state index in [4.69, 9.17) is 15.9 Å². The number of esters is 1. The van der Waals surface area contributed by atoms with Crippen molar-refractivity contribution in [2.45, 2.75) is 12.5 Å². The van der Waals surface area contributed by atoms with Gasteiger partial charge in [0.1, 0.15) is 5.84 Å². The molecule has 0 saturated carbocycles. The van der Waals surface area contributed by atoms with Crippen LogP contribution in [0.25, 0.3) is 17.2 Å². The van der Waals surface area contributed by atoms with Crippen molar-refractivity contribution >= 4 is 23.8 Å². The Morgan fingerprint density at radius 2 is 1.72 bits per heavy atom. The molecule has 2 atom stereocenters. The van der Waals surface area contributed by atoms with Crippen LogP contribution in [0.2, 0.25) is 0 Å². The first kappa shape index (κ1) is 27.0. The third-order valence-corrected chi connectivity index (χ3v) is 6.37. The Balaban J connectivity index is 1.63. The normalized spacial score (nSPS) is 12.4. The summed E-state index contributed by atoms with van der Waals surface area (Å²) in [6, 6.07) is 27.2. The van der Waals surface area contributed by atoms with Crippen LogP contribution < -0.4 is 11.1 Å². The molecule has 0 aliphatic rings. The lowest BCUT2D eigenvalue weighted by molar-refractivity contribution is -0.145. The Hall–Kier alpha value is -5.04. The van der Waals surface area contributed by atoms with Crippen molar-refractivity contribution in [1.82, 2.24) is 10.3 Å². The van der Waals surface area contributed by atoms with E-state index >= 15 is 0 Å². The number of rotatable bonds is 10. The number of pyridine rings is 1. The molecule has 7 heteroatoms. The number of benzene rings is 3. The largest absolute Gasteiger partial charge is 0.469 e. The summed E-state index contributed by atoms with van der Waals surface area (Å²) in [5.74, 6) is -1.56. The highest BCUT2D eigenvalue weighted by molar-refractivity contribution is 5.96. The van der Waals surface area contributed by atoms with Crippen molar-refractivity contribution in [2.75, 3.05) is 7.11 Å². The third kappa shape index (κ3) is 7.26. The average Bonchev–Trinajstić information content (AvgIpc) is 2.99. The summed E-state index contributed by atoms with van der Waals surface area (Å²) in [6.45, 7) is 0. The van der Waals surface area contributed by atoms with Gasteiger partial charge in [-0.05, 0) is 52.9 Å². The second-order valence-electron chi connectivity index (χ2n) is 9.04. The van der Waals surface area contributed by atoms with Crippen LogP contribution >= 0.6 is 0 Å². The Kier molecular flexibility index (Phi) is 8.98. The zero-order chi connectivity index (χ0) is 27.6. The number of amidine groups is 1. The van der Waals surface area contributed by atoms with Gasteiger partial charge in [-0.3, -0.25) is 20.0 Å². The van der Waals surface area contributed by atoms with Gasteiger partial charge in [-0.25, -0.2) is 0 Å². The second kappa shape index (κ2) is 13.0. The van der Waals surface area contributed by atoms with E-state index < -0.39 is 17.9 Å². The molecule has 4 aromatic rings. The molecule has 3 aromatic carbocycles. The quantitative estimate of drug-likeness (QED) is 0.157. The molecule has 39 heavy (non-hydrogen) atoms. The van der Waals surface area contributed by atoms with Gasteiger partial charge in [-0.2, -0.15) is 0 Å². The number of ether oxygens (including phenoxy) is 1. The molecule has 196 valence electrons. The molecule has 4 N–H and O–H groups in total. The topological polar surface area (TPSA) is 118 Å². The first-order chi connectivity index (χ1) is 18.9. The molecular formula is C32H30N4O3. The number of nitrogens with two attached hydrogens (primary N) is 1. The maximum atomic E-state index is 13.4. The molecule has 0 radical (unpaired) electrons. The van der Waals surface area contributed by atoms with E-state index in [1.54, 1.807) is 42.7 Å². The van der Waals surface area contributed by atoms with Gasteiger partial charge in [0, 0.05) is 23.5 Å². The molecule has 1 aromatic heterocycles. The molecule has 2 unspecified atom stereocenters. The van der Waals surface area contributed by atoms with E-state index in [9.17, 15) is 9.59 Å². The zero-order valence-corrected chi connectivity index (χ0v) is 21.6. The van der Waals surface area contributed by atoms with Crippen LogP contribution in [-0.4, -0.2) is 35.8 Å². The van der Waals surface area contributed by atoms with Crippen LogP contribution in [0.3, 0.4) is 0 Å². The van der Waals surface area contributed by atoms with Gasteiger partial charge in [0.2, 0.25) is 0 Å². The SMILES string of the molecule is COC(=O)C(Cc1cccc(C(=N)N)c1)C(C=Cc1ccccc1)NC(=O)c1ccc(-c2cccnc2)cc1. The second-order valence-corrected chi connectivity index (χ2v) is 9.04. The summed E-state index contributed by atoms with van der Waals surface area (Å²) in [4.78, 5) is 30.5. The number of methoxy groups -OCH3 is 1. The molecule has 1 heterocycles. The Morgan fingerprint density at radius 3 is 2.38 bits per heavy atom. The number of nitrogens with one attached hydrogen (secondary N) is 2. The van der Waals surface area contributed by atoms with E-state index in [0.717, 1.165) is 22.3 Å². The monoisotopic (exact) mass is 518 g/mol. The van der Waals surface area contributed by atoms with Gasteiger partial charge >= 0.3 is 5.97 Å². The predicted octanol–water partition coefficient (Wildman–Crippen LogP) is 4.88. The smallest absolute Gasteiger partial charge is 0.311 e. The fraction of sp³-hybridized carbons (Fsp3) is 0.125. The van der Waals surface area contributed by atoms with Crippen LogP contribution in [0, 0.1) is 11.3 Å². The lowest BCUT2D eigenvalue weighted by Gasteiger charge is -2.24. The Bertz CT molecular complexity index is 1450. The number of hydrogen-bond donors (Lipinski definition) is 3. The average molecular weight is 519 g/mol. The lowest BCUT2D eigenvalue weighted by Crippen LogP contribution is -2.43. The van der Waals surface area contributed by atoms with Gasteiger partial charge in [0.25, 0.3) is 5.91 Å². The first-order valence-electron chi connectivity index (χ1n) is 12.5. The van der Waals surface area contributed by atoms with Crippen LogP contribution in [0.5, 0.6) is 0 Å². The summed E-state index contributed by atoms with van der Waals surface area (Å²) in [5.41, 5.74) is 10.3. The van der Waals surface area contributed by atoms with E-state index in [-0.39, 0.29) is 18.2 Å². The first-order valence-corrected chi connectivity index (χ1v) is 12.5. The summed E-state index contributed by atoms with van der Waals surface area (Å²) in [5, 5.41) is 10.8. The van der Waals surface area contributed by atoms with Gasteiger partial charge in [-0.15, -0.1) is 0 Å². The molecule has 0 aliphatic carbocycles. The summed E-state index contributed by atoms with van der Waals surface area (Å²) in [7, 11) is 1.33. The molecule has 0 aliphatic heterocycles. The molecule has 0 saturated heterocycles. The minimum Gasteiger partial charge on any atom is -0.469 e. The standard InChI is InChI=1S/C32H30N4O3/c1-39-32(38)28(20-23-9-5-10-26(19-23)30(33)34)29(17-12-22-7-3-2-4-8-22)36-31(37)25-15-13-24(14-16-25)27-11-6-18-35-21-27/h2-19,21,28-29H,20H2,1H3,(H3,33,34)(H,36,37). The number of hydrogen-bond acceptors (Lipinski definition) is 5. The fourth-order valence-electron chi connectivity index (χ4n) is 4.27. The van der Waals surface area contributed by atoms with Gasteiger partial charge < -0.3 is 15.8 Å². The minimum absolute atomic E-state index is 0.0602. The van der Waals surface area contributed by atoms with Crippen molar-refractivity contribution in [1.29, 1.82) is 5.41 Å². The van der Waals surface area contributed by atoms with Crippen molar-refractivity contribution in [3.05, 3.63) is 132 Å². The maximum Gasteiger partial charge on any atom is 0.311 e. The van der Waals surface area contributed by atoms with Gasteiger partial charge in [-0.1, -0.05) is 78.9 Å². The van der Waals surface area contributed by atoms with Crippen molar-refractivity contribution in [3.63, 3.8) is 0 Å². The molecule has 1 amide bonds. The molecular weight excluding hydrogens is 488 g/mol. The van der Waals surface area contributed by atoms with Gasteiger partial charge in [0.05, 0.1) is 19.1 Å². The number of nitrogen functional groups attached to an aromatic ring is 1.